The van der Waals surface area contributed by atoms with E-state index in [0.717, 1.165) is 5.56 Å². The number of carbonyl (C=O) groups excluding carboxylic acids is 1. The Morgan fingerprint density at radius 2 is 2.12 bits per heavy atom. The molecule has 0 aliphatic heterocycles. The van der Waals surface area contributed by atoms with Crippen molar-refractivity contribution in [2.45, 2.75) is 33.7 Å². The van der Waals surface area contributed by atoms with E-state index in [4.69, 9.17) is 11.6 Å². The van der Waals surface area contributed by atoms with Crippen molar-refractivity contribution in [3.8, 4) is 6.07 Å². The average Bonchev–Trinajstić information content (AvgIpc) is 2.58. The van der Waals surface area contributed by atoms with Crippen LogP contribution in [0, 0.1) is 16.7 Å². The first-order chi connectivity index (χ1) is 12.3. The van der Waals surface area contributed by atoms with Crippen molar-refractivity contribution in [3.63, 3.8) is 0 Å². The van der Waals surface area contributed by atoms with E-state index < -0.39 is 5.91 Å². The van der Waals surface area contributed by atoms with Gasteiger partial charge in [0.05, 0.1) is 6.54 Å². The number of halogens is 1. The summed E-state index contributed by atoms with van der Waals surface area (Å²) in [5.74, 6) is -0.536. The van der Waals surface area contributed by atoms with Crippen LogP contribution in [0.3, 0.4) is 0 Å². The molecule has 2 heterocycles. The largest absolute Gasteiger partial charge is 0.328 e. The van der Waals surface area contributed by atoms with Crippen molar-refractivity contribution in [2.75, 3.05) is 0 Å². The summed E-state index contributed by atoms with van der Waals surface area (Å²) in [6.07, 6.45) is 5.79. The van der Waals surface area contributed by atoms with Gasteiger partial charge in [-0.1, -0.05) is 50.6 Å². The average molecular weight is 369 g/mol. The molecule has 0 saturated heterocycles. The van der Waals surface area contributed by atoms with E-state index in [1.807, 2.05) is 49.7 Å². The maximum Gasteiger partial charge on any atom is 0.289 e. The SMILES string of the molecule is CC(C)(C)CC=C(C#N)C(=O)N=c1ccccn1Cc1ccc(Cl)nc1. The number of nitriles is 1. The fraction of sp³-hybridized carbons (Fsp3) is 0.300. The Morgan fingerprint density at radius 3 is 2.73 bits per heavy atom. The van der Waals surface area contributed by atoms with Gasteiger partial charge in [0.2, 0.25) is 0 Å². The van der Waals surface area contributed by atoms with Gasteiger partial charge in [0.25, 0.3) is 5.91 Å². The summed E-state index contributed by atoms with van der Waals surface area (Å²) in [5.41, 5.74) is 1.46. The van der Waals surface area contributed by atoms with Crippen LogP contribution in [0.5, 0.6) is 0 Å². The summed E-state index contributed by atoms with van der Waals surface area (Å²) in [7, 11) is 0. The molecule has 0 bridgehead atoms. The number of carbonyl (C=O) groups is 1. The molecule has 0 saturated carbocycles. The summed E-state index contributed by atoms with van der Waals surface area (Å²) >= 11 is 5.81. The number of aromatic nitrogens is 2. The summed E-state index contributed by atoms with van der Waals surface area (Å²) < 4.78 is 1.82. The lowest BCUT2D eigenvalue weighted by Gasteiger charge is -2.14. The van der Waals surface area contributed by atoms with Gasteiger partial charge in [-0.05, 0) is 35.6 Å². The highest BCUT2D eigenvalue weighted by atomic mass is 35.5. The molecule has 0 spiro atoms. The van der Waals surface area contributed by atoms with Gasteiger partial charge >= 0.3 is 0 Å². The molecule has 1 amide bonds. The van der Waals surface area contributed by atoms with Crippen LogP contribution < -0.4 is 5.49 Å². The van der Waals surface area contributed by atoms with Gasteiger partial charge in [-0.25, -0.2) is 4.98 Å². The molecule has 26 heavy (non-hydrogen) atoms. The van der Waals surface area contributed by atoms with Crippen LogP contribution >= 0.6 is 11.6 Å². The lowest BCUT2D eigenvalue weighted by Crippen LogP contribution is -2.22. The zero-order chi connectivity index (χ0) is 19.2. The number of pyridine rings is 2. The van der Waals surface area contributed by atoms with Crippen LogP contribution in [0.4, 0.5) is 0 Å². The van der Waals surface area contributed by atoms with E-state index in [0.29, 0.717) is 23.6 Å². The Morgan fingerprint density at radius 1 is 1.35 bits per heavy atom. The molecule has 0 aromatic carbocycles. The minimum Gasteiger partial charge on any atom is -0.328 e. The first-order valence-corrected chi connectivity index (χ1v) is 8.61. The quantitative estimate of drug-likeness (QED) is 0.466. The molecule has 0 radical (unpaired) electrons. The van der Waals surface area contributed by atoms with Crippen LogP contribution in [0.2, 0.25) is 5.15 Å². The van der Waals surface area contributed by atoms with Gasteiger partial charge in [0, 0.05) is 12.4 Å². The second-order valence-electron chi connectivity index (χ2n) is 7.09. The highest BCUT2D eigenvalue weighted by Gasteiger charge is 2.12. The minimum atomic E-state index is -0.536. The molecule has 0 fully saturated rings. The van der Waals surface area contributed by atoms with Crippen molar-refractivity contribution in [1.29, 1.82) is 5.26 Å². The number of hydrogen-bond donors (Lipinski definition) is 0. The maximum absolute atomic E-state index is 12.4. The predicted molar refractivity (Wildman–Crippen MR) is 101 cm³/mol. The fourth-order valence-corrected chi connectivity index (χ4v) is 2.26. The topological polar surface area (TPSA) is 71.0 Å². The molecule has 0 aliphatic carbocycles. The number of hydrogen-bond acceptors (Lipinski definition) is 3. The Bertz CT molecular complexity index is 912. The first-order valence-electron chi connectivity index (χ1n) is 8.24. The third-order valence-electron chi connectivity index (χ3n) is 3.54. The molecule has 0 aliphatic rings. The van der Waals surface area contributed by atoms with Crippen molar-refractivity contribution >= 4 is 17.5 Å². The van der Waals surface area contributed by atoms with Gasteiger partial charge in [-0.15, -0.1) is 0 Å². The molecule has 2 aromatic rings. The smallest absolute Gasteiger partial charge is 0.289 e. The molecular formula is C20H21ClN4O. The zero-order valence-corrected chi connectivity index (χ0v) is 15.9. The molecule has 134 valence electrons. The molecule has 0 atom stereocenters. The summed E-state index contributed by atoms with van der Waals surface area (Å²) in [6, 6.07) is 10.9. The lowest BCUT2D eigenvalue weighted by atomic mass is 9.91. The predicted octanol–water partition coefficient (Wildman–Crippen LogP) is 3.90. The van der Waals surface area contributed by atoms with Crippen LogP contribution in [0.15, 0.2) is 59.4 Å². The summed E-state index contributed by atoms with van der Waals surface area (Å²) in [4.78, 5) is 20.6. The van der Waals surface area contributed by atoms with Gasteiger partial charge in [-0.3, -0.25) is 4.79 Å². The molecular weight excluding hydrogens is 348 g/mol. The Balaban J connectivity index is 2.31. The molecule has 2 aromatic heterocycles. The third kappa shape index (κ3) is 5.98. The molecule has 0 N–H and O–H groups in total. The molecule has 6 heteroatoms. The van der Waals surface area contributed by atoms with Crippen LogP contribution in [-0.2, 0) is 11.3 Å². The minimum absolute atomic E-state index is 0.00335. The van der Waals surface area contributed by atoms with E-state index in [2.05, 4.69) is 9.98 Å². The molecule has 5 nitrogen and oxygen atoms in total. The molecule has 2 rings (SSSR count). The highest BCUT2D eigenvalue weighted by molar-refractivity contribution is 6.29. The summed E-state index contributed by atoms with van der Waals surface area (Å²) in [6.45, 7) is 6.63. The third-order valence-corrected chi connectivity index (χ3v) is 3.77. The van der Waals surface area contributed by atoms with E-state index >= 15 is 0 Å². The first kappa shape index (κ1) is 19.6. The van der Waals surface area contributed by atoms with E-state index in [1.54, 1.807) is 30.5 Å². The number of amides is 1. The second-order valence-corrected chi connectivity index (χ2v) is 7.47. The van der Waals surface area contributed by atoms with Gasteiger partial charge in [0.15, 0.2) is 0 Å². The standard InChI is InChI=1S/C20H21ClN4O/c1-20(2,3)10-9-16(12-22)19(26)24-18-6-4-5-11-25(18)14-15-7-8-17(21)23-13-15/h4-9,11,13H,10,14H2,1-3H3. The Hall–Kier alpha value is -2.71. The van der Waals surface area contributed by atoms with E-state index in [-0.39, 0.29) is 11.0 Å². The molecule has 0 unspecified atom stereocenters. The monoisotopic (exact) mass is 368 g/mol. The number of allylic oxidation sites excluding steroid dienone is 1. The van der Waals surface area contributed by atoms with Crippen molar-refractivity contribution in [3.05, 3.63) is 70.6 Å². The second kappa shape index (κ2) is 8.59. The highest BCUT2D eigenvalue weighted by Crippen LogP contribution is 2.20. The van der Waals surface area contributed by atoms with Crippen molar-refractivity contribution in [1.82, 2.24) is 9.55 Å². The zero-order valence-electron chi connectivity index (χ0n) is 15.1. The van der Waals surface area contributed by atoms with Crippen molar-refractivity contribution < 1.29 is 4.79 Å². The fourth-order valence-electron chi connectivity index (χ4n) is 2.15. The number of rotatable bonds is 4. The van der Waals surface area contributed by atoms with Gasteiger partial charge < -0.3 is 4.57 Å². The Labute approximate surface area is 158 Å². The maximum atomic E-state index is 12.4. The van der Waals surface area contributed by atoms with Crippen molar-refractivity contribution in [2.24, 2.45) is 10.4 Å². The van der Waals surface area contributed by atoms with E-state index in [9.17, 15) is 10.1 Å². The Kier molecular flexibility index (Phi) is 6.48. The lowest BCUT2D eigenvalue weighted by molar-refractivity contribution is -0.114. The van der Waals surface area contributed by atoms with Gasteiger partial charge in [-0.2, -0.15) is 10.3 Å². The van der Waals surface area contributed by atoms with Gasteiger partial charge in [0.1, 0.15) is 22.3 Å². The van der Waals surface area contributed by atoms with Crippen LogP contribution in [-0.4, -0.2) is 15.5 Å². The van der Waals surface area contributed by atoms with Crippen LogP contribution in [0.25, 0.3) is 0 Å². The number of nitrogens with zero attached hydrogens (tertiary/aromatic N) is 4. The van der Waals surface area contributed by atoms with E-state index in [1.165, 1.54) is 0 Å². The normalized spacial score (nSPS) is 12.7. The van der Waals surface area contributed by atoms with Crippen LogP contribution in [0.1, 0.15) is 32.8 Å². The summed E-state index contributed by atoms with van der Waals surface area (Å²) in [5, 5.41) is 9.70.